The van der Waals surface area contributed by atoms with Crippen molar-refractivity contribution >= 4 is 0 Å². The predicted octanol–water partition coefficient (Wildman–Crippen LogP) is 4.21. The molecule has 1 atom stereocenters. The van der Waals surface area contributed by atoms with E-state index in [1.165, 1.54) is 6.92 Å². The van der Waals surface area contributed by atoms with Gasteiger partial charge in [0, 0.05) is 6.92 Å². The van der Waals surface area contributed by atoms with Gasteiger partial charge in [0.05, 0.1) is 0 Å². The summed E-state index contributed by atoms with van der Waals surface area (Å²) in [6.07, 6.45) is 4.47. The van der Waals surface area contributed by atoms with Gasteiger partial charge in [-0.15, -0.1) is 0 Å². The molecule has 0 heterocycles. The van der Waals surface area contributed by atoms with Gasteiger partial charge in [-0.3, -0.25) is 0 Å². The molecule has 0 fully saturated rings. The summed E-state index contributed by atoms with van der Waals surface area (Å²) >= 11 is 0. The van der Waals surface area contributed by atoms with E-state index in [9.17, 15) is 4.39 Å². The SMILES string of the molecule is C=C(C=CCCC(C)(C)C)OC(C)F. The van der Waals surface area contributed by atoms with Crippen molar-refractivity contribution in [2.24, 2.45) is 5.41 Å². The first-order valence-electron chi connectivity index (χ1n) is 4.97. The van der Waals surface area contributed by atoms with Gasteiger partial charge in [0.2, 0.25) is 6.36 Å². The van der Waals surface area contributed by atoms with Crippen molar-refractivity contribution in [3.8, 4) is 0 Å². The molecular formula is C12H21FO. The maximum atomic E-state index is 12.3. The van der Waals surface area contributed by atoms with Gasteiger partial charge in [-0.1, -0.05) is 33.4 Å². The van der Waals surface area contributed by atoms with E-state index in [2.05, 4.69) is 27.4 Å². The first-order valence-corrected chi connectivity index (χ1v) is 4.97. The molecule has 1 nitrogen and oxygen atoms in total. The fraction of sp³-hybridized carbons (Fsp3) is 0.667. The second-order valence-corrected chi connectivity index (χ2v) is 4.63. The summed E-state index contributed by atoms with van der Waals surface area (Å²) in [5.41, 5.74) is 0.333. The molecular weight excluding hydrogens is 179 g/mol. The van der Waals surface area contributed by atoms with Gasteiger partial charge in [0.25, 0.3) is 0 Å². The van der Waals surface area contributed by atoms with Crippen LogP contribution in [0.25, 0.3) is 0 Å². The number of halogens is 1. The van der Waals surface area contributed by atoms with Gasteiger partial charge < -0.3 is 4.74 Å². The van der Waals surface area contributed by atoms with Gasteiger partial charge in [0.1, 0.15) is 5.76 Å². The van der Waals surface area contributed by atoms with E-state index in [1.807, 2.05) is 6.08 Å². The van der Waals surface area contributed by atoms with E-state index in [4.69, 9.17) is 4.74 Å². The van der Waals surface area contributed by atoms with Crippen LogP contribution >= 0.6 is 0 Å². The lowest BCUT2D eigenvalue weighted by Crippen LogP contribution is -2.03. The smallest absolute Gasteiger partial charge is 0.235 e. The molecule has 1 unspecified atom stereocenters. The number of ether oxygens (including phenoxy) is 1. The van der Waals surface area contributed by atoms with Crippen LogP contribution in [0.3, 0.4) is 0 Å². The lowest BCUT2D eigenvalue weighted by Gasteiger charge is -2.16. The highest BCUT2D eigenvalue weighted by molar-refractivity contribution is 5.07. The van der Waals surface area contributed by atoms with Crippen LogP contribution < -0.4 is 0 Å². The first kappa shape index (κ1) is 13.2. The molecule has 0 aromatic heterocycles. The Morgan fingerprint density at radius 2 is 2.07 bits per heavy atom. The summed E-state index contributed by atoms with van der Waals surface area (Å²) in [6, 6.07) is 0. The molecule has 0 aliphatic carbocycles. The van der Waals surface area contributed by atoms with Crippen molar-refractivity contribution in [3.05, 3.63) is 24.5 Å². The van der Waals surface area contributed by atoms with E-state index in [-0.39, 0.29) is 0 Å². The third-order valence-electron chi connectivity index (χ3n) is 1.68. The molecule has 0 aliphatic rings. The fourth-order valence-electron chi connectivity index (χ4n) is 0.979. The summed E-state index contributed by atoms with van der Waals surface area (Å²) in [5, 5.41) is 0. The Morgan fingerprint density at radius 1 is 1.50 bits per heavy atom. The summed E-state index contributed by atoms with van der Waals surface area (Å²) in [5.74, 6) is 0.383. The van der Waals surface area contributed by atoms with Crippen LogP contribution in [0.4, 0.5) is 4.39 Å². The topological polar surface area (TPSA) is 9.23 Å². The molecule has 82 valence electrons. The van der Waals surface area contributed by atoms with Gasteiger partial charge in [0.15, 0.2) is 0 Å². The average Bonchev–Trinajstić information content (AvgIpc) is 1.95. The summed E-state index contributed by atoms with van der Waals surface area (Å²) in [7, 11) is 0. The molecule has 0 bridgehead atoms. The average molecular weight is 200 g/mol. The van der Waals surface area contributed by atoms with Crippen molar-refractivity contribution in [3.63, 3.8) is 0 Å². The standard InChI is InChI=1S/C12H21FO/c1-10(14-11(2)13)8-6-7-9-12(3,4)5/h6,8,11H,1,7,9H2,2-5H3. The summed E-state index contributed by atoms with van der Waals surface area (Å²) in [4.78, 5) is 0. The van der Waals surface area contributed by atoms with Crippen LogP contribution in [0.15, 0.2) is 24.5 Å². The van der Waals surface area contributed by atoms with Crippen molar-refractivity contribution < 1.29 is 9.13 Å². The Hall–Kier alpha value is -0.790. The molecule has 14 heavy (non-hydrogen) atoms. The maximum Gasteiger partial charge on any atom is 0.235 e. The van der Waals surface area contributed by atoms with Crippen molar-refractivity contribution in [2.45, 2.75) is 46.9 Å². The van der Waals surface area contributed by atoms with Crippen molar-refractivity contribution in [1.29, 1.82) is 0 Å². The normalized spacial score (nSPS) is 14.4. The van der Waals surface area contributed by atoms with E-state index in [1.54, 1.807) is 6.08 Å². The largest absolute Gasteiger partial charge is 0.461 e. The monoisotopic (exact) mass is 200 g/mol. The molecule has 0 rings (SSSR count). The zero-order chi connectivity index (χ0) is 11.2. The minimum absolute atomic E-state index is 0.333. The van der Waals surface area contributed by atoms with Crippen LogP contribution in [0.1, 0.15) is 40.5 Å². The third-order valence-corrected chi connectivity index (χ3v) is 1.68. The molecule has 0 radical (unpaired) electrons. The number of alkyl halides is 1. The zero-order valence-corrected chi connectivity index (χ0v) is 9.64. The molecule has 0 saturated heterocycles. The quantitative estimate of drug-likeness (QED) is 0.477. The molecule has 0 saturated carbocycles. The van der Waals surface area contributed by atoms with Gasteiger partial charge >= 0.3 is 0 Å². The molecule has 0 N–H and O–H groups in total. The van der Waals surface area contributed by atoms with Crippen LogP contribution in [0.2, 0.25) is 0 Å². The van der Waals surface area contributed by atoms with Crippen molar-refractivity contribution in [1.82, 2.24) is 0 Å². The van der Waals surface area contributed by atoms with Gasteiger partial charge in [-0.2, -0.15) is 0 Å². The Morgan fingerprint density at radius 3 is 2.50 bits per heavy atom. The Kier molecular flexibility index (Phi) is 5.51. The lowest BCUT2D eigenvalue weighted by molar-refractivity contribution is 0.0290. The number of allylic oxidation sites excluding steroid dienone is 2. The van der Waals surface area contributed by atoms with Crippen LogP contribution in [0, 0.1) is 5.41 Å². The number of hydrogen-bond acceptors (Lipinski definition) is 1. The summed E-state index contributed by atoms with van der Waals surface area (Å²) < 4.78 is 17.1. The highest BCUT2D eigenvalue weighted by atomic mass is 19.1. The fourth-order valence-corrected chi connectivity index (χ4v) is 0.979. The molecule has 0 amide bonds. The molecule has 0 aromatic carbocycles. The number of hydrogen-bond donors (Lipinski definition) is 0. The zero-order valence-electron chi connectivity index (χ0n) is 9.64. The maximum absolute atomic E-state index is 12.3. The minimum Gasteiger partial charge on any atom is -0.461 e. The Balaban J connectivity index is 3.68. The van der Waals surface area contributed by atoms with Gasteiger partial charge in [-0.05, 0) is 24.3 Å². The van der Waals surface area contributed by atoms with Crippen LogP contribution in [-0.2, 0) is 4.74 Å². The summed E-state index contributed by atoms with van der Waals surface area (Å²) in [6.45, 7) is 11.5. The van der Waals surface area contributed by atoms with Crippen molar-refractivity contribution in [2.75, 3.05) is 0 Å². The predicted molar refractivity (Wildman–Crippen MR) is 58.6 cm³/mol. The first-order chi connectivity index (χ1) is 6.31. The Bertz CT molecular complexity index is 199. The number of rotatable bonds is 5. The third kappa shape index (κ3) is 9.30. The highest BCUT2D eigenvalue weighted by Gasteiger charge is 2.07. The molecule has 0 spiro atoms. The van der Waals surface area contributed by atoms with Crippen LogP contribution in [0.5, 0.6) is 0 Å². The second kappa shape index (κ2) is 5.84. The molecule has 0 aliphatic heterocycles. The lowest BCUT2D eigenvalue weighted by atomic mass is 9.90. The minimum atomic E-state index is -1.28. The van der Waals surface area contributed by atoms with E-state index < -0.39 is 6.36 Å². The van der Waals surface area contributed by atoms with E-state index >= 15 is 0 Å². The molecule has 2 heteroatoms. The highest BCUT2D eigenvalue weighted by Crippen LogP contribution is 2.20. The van der Waals surface area contributed by atoms with E-state index in [0.29, 0.717) is 11.2 Å². The van der Waals surface area contributed by atoms with E-state index in [0.717, 1.165) is 12.8 Å². The second-order valence-electron chi connectivity index (χ2n) is 4.63. The molecule has 0 aromatic rings. The van der Waals surface area contributed by atoms with Gasteiger partial charge in [-0.25, -0.2) is 4.39 Å². The Labute approximate surface area is 86.7 Å². The van der Waals surface area contributed by atoms with Crippen LogP contribution in [-0.4, -0.2) is 6.36 Å².